The van der Waals surface area contributed by atoms with Crippen LogP contribution in [0, 0.1) is 0 Å². The van der Waals surface area contributed by atoms with E-state index < -0.39 is 0 Å². The molecule has 8 heteroatoms. The fourth-order valence-electron chi connectivity index (χ4n) is 1.32. The Balaban J connectivity index is 2.47. The molecule has 0 aromatic carbocycles. The lowest BCUT2D eigenvalue weighted by Gasteiger charge is -2.11. The average Bonchev–Trinajstić information content (AvgIpc) is 2.70. The summed E-state index contributed by atoms with van der Waals surface area (Å²) in [6.07, 6.45) is 4.58. The van der Waals surface area contributed by atoms with Crippen LogP contribution in [0.3, 0.4) is 0 Å². The maximum absolute atomic E-state index is 11.3. The number of halogens is 2. The van der Waals surface area contributed by atoms with E-state index in [9.17, 15) is 4.79 Å². The Morgan fingerprint density at radius 3 is 2.89 bits per heavy atom. The molecular formula is C10H9BrClN5O. The van der Waals surface area contributed by atoms with Gasteiger partial charge in [0, 0.05) is 14.0 Å². The fraction of sp³-hybridized carbons (Fsp3) is 0.200. The van der Waals surface area contributed by atoms with Crippen molar-refractivity contribution >= 4 is 39.1 Å². The van der Waals surface area contributed by atoms with Crippen LogP contribution in [0.4, 0.5) is 5.69 Å². The first-order valence-electron chi connectivity index (χ1n) is 4.96. The minimum Gasteiger partial charge on any atom is -0.312 e. The van der Waals surface area contributed by atoms with Crippen LogP contribution in [-0.4, -0.2) is 32.7 Å². The molecule has 0 saturated carbocycles. The summed E-state index contributed by atoms with van der Waals surface area (Å²) in [6, 6.07) is 0. The molecule has 0 radical (unpaired) electrons. The van der Waals surface area contributed by atoms with E-state index in [1.165, 1.54) is 22.8 Å². The Bertz CT molecular complexity index is 600. The first kappa shape index (κ1) is 13.0. The molecular weight excluding hydrogens is 322 g/mol. The Morgan fingerprint density at radius 2 is 2.28 bits per heavy atom. The summed E-state index contributed by atoms with van der Waals surface area (Å²) in [7, 11) is 1.66. The minimum absolute atomic E-state index is 0.0920. The molecule has 2 heterocycles. The number of carbonyl (C=O) groups is 1. The van der Waals surface area contributed by atoms with Gasteiger partial charge in [0.15, 0.2) is 9.76 Å². The molecule has 0 saturated heterocycles. The van der Waals surface area contributed by atoms with Gasteiger partial charge in [-0.25, -0.2) is 14.6 Å². The van der Waals surface area contributed by atoms with Crippen molar-refractivity contribution in [3.63, 3.8) is 0 Å². The topological polar surface area (TPSA) is 63.9 Å². The Kier molecular flexibility index (Phi) is 3.63. The Hall–Kier alpha value is -1.47. The molecule has 0 atom stereocenters. The largest absolute Gasteiger partial charge is 0.312 e. The standard InChI is InChI=1S/C10H9BrClN5O/c1-6(18)16(2)8-4-17(15-9(8)11)7-3-13-5-14-10(7)12/h3-5H,1-2H3. The molecule has 0 N–H and O–H groups in total. The van der Waals surface area contributed by atoms with Crippen molar-refractivity contribution < 1.29 is 4.79 Å². The highest BCUT2D eigenvalue weighted by Gasteiger charge is 2.16. The van der Waals surface area contributed by atoms with Crippen LogP contribution in [-0.2, 0) is 4.79 Å². The number of rotatable bonds is 2. The van der Waals surface area contributed by atoms with Crippen LogP contribution in [0.1, 0.15) is 6.92 Å². The zero-order valence-corrected chi connectivity index (χ0v) is 12.0. The molecule has 2 aromatic heterocycles. The van der Waals surface area contributed by atoms with Crippen LogP contribution in [0.25, 0.3) is 5.69 Å². The predicted octanol–water partition coefficient (Wildman–Crippen LogP) is 2.06. The van der Waals surface area contributed by atoms with E-state index in [1.54, 1.807) is 19.4 Å². The Morgan fingerprint density at radius 1 is 1.56 bits per heavy atom. The molecule has 0 aliphatic heterocycles. The highest BCUT2D eigenvalue weighted by atomic mass is 79.9. The maximum Gasteiger partial charge on any atom is 0.223 e. The van der Waals surface area contributed by atoms with Gasteiger partial charge in [-0.2, -0.15) is 5.10 Å². The second-order valence-electron chi connectivity index (χ2n) is 3.53. The number of hydrogen-bond donors (Lipinski definition) is 0. The summed E-state index contributed by atoms with van der Waals surface area (Å²) in [5.41, 5.74) is 1.19. The van der Waals surface area contributed by atoms with Gasteiger partial charge >= 0.3 is 0 Å². The molecule has 1 amide bonds. The fourth-order valence-corrected chi connectivity index (χ4v) is 2.04. The van der Waals surface area contributed by atoms with Gasteiger partial charge in [0.05, 0.1) is 18.1 Å². The Labute approximate surface area is 117 Å². The van der Waals surface area contributed by atoms with Gasteiger partial charge in [-0.3, -0.25) is 4.79 Å². The third-order valence-corrected chi connectivity index (χ3v) is 3.23. The van der Waals surface area contributed by atoms with Crippen LogP contribution < -0.4 is 4.90 Å². The van der Waals surface area contributed by atoms with Crippen molar-refractivity contribution in [2.45, 2.75) is 6.92 Å². The third kappa shape index (κ3) is 2.37. The number of carbonyl (C=O) groups excluding carboxylic acids is 1. The van der Waals surface area contributed by atoms with E-state index in [1.807, 2.05) is 0 Å². The summed E-state index contributed by atoms with van der Waals surface area (Å²) < 4.78 is 2.06. The van der Waals surface area contributed by atoms with Gasteiger partial charge in [-0.1, -0.05) is 11.6 Å². The third-order valence-electron chi connectivity index (χ3n) is 2.38. The molecule has 0 spiro atoms. The first-order valence-corrected chi connectivity index (χ1v) is 6.13. The first-order chi connectivity index (χ1) is 8.50. The minimum atomic E-state index is -0.0920. The van der Waals surface area contributed by atoms with Crippen LogP contribution in [0.5, 0.6) is 0 Å². The van der Waals surface area contributed by atoms with Gasteiger partial charge in [0.2, 0.25) is 5.91 Å². The zero-order chi connectivity index (χ0) is 13.3. The lowest BCUT2D eigenvalue weighted by atomic mass is 10.4. The highest BCUT2D eigenvalue weighted by molar-refractivity contribution is 9.10. The number of hydrogen-bond acceptors (Lipinski definition) is 4. The molecule has 6 nitrogen and oxygen atoms in total. The quantitative estimate of drug-likeness (QED) is 0.791. The molecule has 0 aliphatic rings. The second-order valence-corrected chi connectivity index (χ2v) is 4.64. The molecule has 2 aromatic rings. The van der Waals surface area contributed by atoms with E-state index in [2.05, 4.69) is 31.0 Å². The van der Waals surface area contributed by atoms with Crippen molar-refractivity contribution in [1.29, 1.82) is 0 Å². The van der Waals surface area contributed by atoms with E-state index in [4.69, 9.17) is 11.6 Å². The zero-order valence-electron chi connectivity index (χ0n) is 9.63. The second kappa shape index (κ2) is 5.03. The average molecular weight is 331 g/mol. The molecule has 2 rings (SSSR count). The lowest BCUT2D eigenvalue weighted by molar-refractivity contribution is -0.116. The molecule has 18 heavy (non-hydrogen) atoms. The van der Waals surface area contributed by atoms with Crippen LogP contribution in [0.15, 0.2) is 23.3 Å². The van der Waals surface area contributed by atoms with E-state index in [-0.39, 0.29) is 11.1 Å². The van der Waals surface area contributed by atoms with Crippen molar-refractivity contribution in [2.24, 2.45) is 0 Å². The number of aromatic nitrogens is 4. The van der Waals surface area contributed by atoms with Crippen molar-refractivity contribution in [2.75, 3.05) is 11.9 Å². The molecule has 0 unspecified atom stereocenters. The summed E-state index contributed by atoms with van der Waals surface area (Å²) in [4.78, 5) is 20.6. The lowest BCUT2D eigenvalue weighted by Crippen LogP contribution is -2.22. The van der Waals surface area contributed by atoms with Gasteiger partial charge < -0.3 is 4.90 Å². The molecule has 0 fully saturated rings. The summed E-state index contributed by atoms with van der Waals surface area (Å²) >= 11 is 9.25. The van der Waals surface area contributed by atoms with Crippen molar-refractivity contribution in [3.8, 4) is 5.69 Å². The molecule has 0 bridgehead atoms. The van der Waals surface area contributed by atoms with E-state index in [0.29, 0.717) is 16.0 Å². The SMILES string of the molecule is CC(=O)N(C)c1cn(-c2cncnc2Cl)nc1Br. The molecule has 94 valence electrons. The van der Waals surface area contributed by atoms with Gasteiger partial charge in [0.25, 0.3) is 0 Å². The van der Waals surface area contributed by atoms with E-state index in [0.717, 1.165) is 0 Å². The number of nitrogens with zero attached hydrogens (tertiary/aromatic N) is 5. The van der Waals surface area contributed by atoms with E-state index >= 15 is 0 Å². The number of anilines is 1. The summed E-state index contributed by atoms with van der Waals surface area (Å²) in [5, 5.41) is 4.51. The van der Waals surface area contributed by atoms with Gasteiger partial charge in [-0.15, -0.1) is 0 Å². The van der Waals surface area contributed by atoms with Gasteiger partial charge in [-0.05, 0) is 15.9 Å². The summed E-state index contributed by atoms with van der Waals surface area (Å²) in [6.45, 7) is 1.47. The predicted molar refractivity (Wildman–Crippen MR) is 70.9 cm³/mol. The number of amides is 1. The normalized spacial score (nSPS) is 10.4. The van der Waals surface area contributed by atoms with Crippen molar-refractivity contribution in [3.05, 3.63) is 28.5 Å². The monoisotopic (exact) mass is 329 g/mol. The maximum atomic E-state index is 11.3. The van der Waals surface area contributed by atoms with Crippen LogP contribution in [0.2, 0.25) is 5.15 Å². The molecule has 0 aliphatic carbocycles. The highest BCUT2D eigenvalue weighted by Crippen LogP contribution is 2.26. The smallest absolute Gasteiger partial charge is 0.223 e. The van der Waals surface area contributed by atoms with Crippen molar-refractivity contribution in [1.82, 2.24) is 19.7 Å². The van der Waals surface area contributed by atoms with Crippen LogP contribution >= 0.6 is 27.5 Å². The van der Waals surface area contributed by atoms with Gasteiger partial charge in [0.1, 0.15) is 12.0 Å². The summed E-state index contributed by atoms with van der Waals surface area (Å²) in [5.74, 6) is -0.0920.